The van der Waals surface area contributed by atoms with Gasteiger partial charge in [-0.25, -0.2) is 0 Å². The number of nitrogens with one attached hydrogen (secondary N) is 1. The Hall–Kier alpha value is -2.62. The highest BCUT2D eigenvalue weighted by molar-refractivity contribution is 5.95. The first-order valence-electron chi connectivity index (χ1n) is 8.10. The van der Waals surface area contributed by atoms with Crippen LogP contribution >= 0.6 is 0 Å². The van der Waals surface area contributed by atoms with Crippen LogP contribution in [0, 0.1) is 6.92 Å². The summed E-state index contributed by atoms with van der Waals surface area (Å²) in [7, 11) is 1.79. The van der Waals surface area contributed by atoms with Gasteiger partial charge in [0.1, 0.15) is 0 Å². The summed E-state index contributed by atoms with van der Waals surface area (Å²) in [6.45, 7) is 6.31. The van der Waals surface area contributed by atoms with Crippen molar-refractivity contribution in [1.82, 2.24) is 10.2 Å². The number of aryl methyl sites for hydroxylation is 1. The highest BCUT2D eigenvalue weighted by Gasteiger charge is 2.14. The van der Waals surface area contributed by atoms with Crippen molar-refractivity contribution in [2.45, 2.75) is 33.4 Å². The van der Waals surface area contributed by atoms with E-state index in [-0.39, 0.29) is 17.9 Å². The van der Waals surface area contributed by atoms with E-state index in [9.17, 15) is 9.59 Å². The van der Waals surface area contributed by atoms with Crippen LogP contribution in [0.1, 0.15) is 45.7 Å². The van der Waals surface area contributed by atoms with Gasteiger partial charge in [-0.2, -0.15) is 0 Å². The number of hydrogen-bond donors (Lipinski definition) is 1. The van der Waals surface area contributed by atoms with Crippen LogP contribution in [0.2, 0.25) is 0 Å². The van der Waals surface area contributed by atoms with Gasteiger partial charge in [0.05, 0.1) is 0 Å². The van der Waals surface area contributed by atoms with Gasteiger partial charge in [-0.3, -0.25) is 9.59 Å². The molecule has 0 saturated heterocycles. The lowest BCUT2D eigenvalue weighted by Crippen LogP contribution is -2.32. The Bertz CT molecular complexity index is 721. The lowest BCUT2D eigenvalue weighted by atomic mass is 10.1. The summed E-state index contributed by atoms with van der Waals surface area (Å²) in [6, 6.07) is 15.0. The second-order valence-corrected chi connectivity index (χ2v) is 6.20. The number of benzene rings is 2. The zero-order valence-electron chi connectivity index (χ0n) is 14.7. The fourth-order valence-electron chi connectivity index (χ4n) is 2.31. The predicted octanol–water partition coefficient (Wildman–Crippen LogP) is 3.41. The number of amides is 2. The molecule has 4 heteroatoms. The van der Waals surface area contributed by atoms with Gasteiger partial charge in [0.2, 0.25) is 0 Å². The lowest BCUT2D eigenvalue weighted by Gasteiger charge is -2.21. The molecule has 0 bridgehead atoms. The second-order valence-electron chi connectivity index (χ2n) is 6.20. The first-order chi connectivity index (χ1) is 11.4. The molecule has 0 aromatic heterocycles. The van der Waals surface area contributed by atoms with Crippen LogP contribution in [-0.2, 0) is 6.54 Å². The van der Waals surface area contributed by atoms with Gasteiger partial charge in [-0.1, -0.05) is 30.3 Å². The number of nitrogens with zero attached hydrogens (tertiary/aromatic N) is 1. The van der Waals surface area contributed by atoms with Crippen molar-refractivity contribution in [3.05, 3.63) is 70.8 Å². The number of carbonyl (C=O) groups is 2. The highest BCUT2D eigenvalue weighted by atomic mass is 16.2. The fourth-order valence-corrected chi connectivity index (χ4v) is 2.31. The Morgan fingerprint density at radius 3 is 2.25 bits per heavy atom. The summed E-state index contributed by atoms with van der Waals surface area (Å²) < 4.78 is 0. The molecule has 2 rings (SSSR count). The normalized spacial score (nSPS) is 10.5. The number of carbonyl (C=O) groups excluding carboxylic acids is 2. The minimum absolute atomic E-state index is 0.000459. The molecule has 0 atom stereocenters. The van der Waals surface area contributed by atoms with Crippen LogP contribution in [0.5, 0.6) is 0 Å². The van der Waals surface area contributed by atoms with Gasteiger partial charge < -0.3 is 10.2 Å². The fraction of sp³-hybridized carbons (Fsp3) is 0.300. The van der Waals surface area contributed by atoms with Crippen molar-refractivity contribution in [2.75, 3.05) is 7.05 Å². The smallest absolute Gasteiger partial charge is 0.253 e. The zero-order chi connectivity index (χ0) is 17.7. The van der Waals surface area contributed by atoms with E-state index in [2.05, 4.69) is 5.32 Å². The number of hydrogen-bond acceptors (Lipinski definition) is 2. The Morgan fingerprint density at radius 1 is 1.04 bits per heavy atom. The number of rotatable bonds is 5. The summed E-state index contributed by atoms with van der Waals surface area (Å²) in [5.41, 5.74) is 3.25. The average Bonchev–Trinajstić information content (AvgIpc) is 2.59. The van der Waals surface area contributed by atoms with Crippen LogP contribution < -0.4 is 5.32 Å². The molecule has 1 N–H and O–H groups in total. The highest BCUT2D eigenvalue weighted by Crippen LogP contribution is 2.10. The molecule has 4 nitrogen and oxygen atoms in total. The van der Waals surface area contributed by atoms with Crippen LogP contribution in [0.3, 0.4) is 0 Å². The molecule has 0 aliphatic carbocycles. The molecule has 0 fully saturated rings. The van der Waals surface area contributed by atoms with E-state index in [1.54, 1.807) is 24.1 Å². The van der Waals surface area contributed by atoms with Crippen LogP contribution in [-0.4, -0.2) is 29.8 Å². The second kappa shape index (κ2) is 7.77. The largest absolute Gasteiger partial charge is 0.348 e. The summed E-state index contributed by atoms with van der Waals surface area (Å²) in [5.74, 6) is -0.0895. The third-order valence-corrected chi connectivity index (χ3v) is 4.14. The minimum atomic E-state index is -0.0900. The average molecular weight is 324 g/mol. The summed E-state index contributed by atoms with van der Waals surface area (Å²) in [4.78, 5) is 26.2. The van der Waals surface area contributed by atoms with E-state index in [0.717, 1.165) is 11.1 Å². The van der Waals surface area contributed by atoms with E-state index >= 15 is 0 Å². The Labute approximate surface area is 143 Å². The molecule has 2 aromatic carbocycles. The first kappa shape index (κ1) is 17.7. The maximum absolute atomic E-state index is 12.2. The molecular weight excluding hydrogens is 300 g/mol. The molecule has 0 radical (unpaired) electrons. The summed E-state index contributed by atoms with van der Waals surface area (Å²) >= 11 is 0. The monoisotopic (exact) mass is 324 g/mol. The molecule has 2 aromatic rings. The van der Waals surface area contributed by atoms with Crippen molar-refractivity contribution in [3.63, 3.8) is 0 Å². The van der Waals surface area contributed by atoms with Crippen molar-refractivity contribution < 1.29 is 9.59 Å². The van der Waals surface area contributed by atoms with E-state index in [0.29, 0.717) is 17.7 Å². The predicted molar refractivity (Wildman–Crippen MR) is 96.0 cm³/mol. The molecule has 0 aliphatic heterocycles. The van der Waals surface area contributed by atoms with Crippen LogP contribution in [0.15, 0.2) is 48.5 Å². The maximum atomic E-state index is 12.2. The third kappa shape index (κ3) is 4.22. The standard InChI is InChI=1S/C20H24N2O2/c1-14(2)22(4)20(24)17-11-9-16(10-12-17)13-21-19(23)18-8-6-5-7-15(18)3/h5-12,14H,13H2,1-4H3,(H,21,23). The first-order valence-corrected chi connectivity index (χ1v) is 8.10. The van der Waals surface area contributed by atoms with Crippen molar-refractivity contribution >= 4 is 11.8 Å². The van der Waals surface area contributed by atoms with E-state index in [1.165, 1.54) is 0 Å². The minimum Gasteiger partial charge on any atom is -0.348 e. The van der Waals surface area contributed by atoms with Gasteiger partial charge >= 0.3 is 0 Å². The molecule has 0 unspecified atom stereocenters. The molecular formula is C20H24N2O2. The van der Waals surface area contributed by atoms with Crippen LogP contribution in [0.4, 0.5) is 0 Å². The molecule has 0 aliphatic rings. The molecule has 0 spiro atoms. The molecule has 24 heavy (non-hydrogen) atoms. The van der Waals surface area contributed by atoms with E-state index in [4.69, 9.17) is 0 Å². The van der Waals surface area contributed by atoms with Gasteiger partial charge in [0, 0.05) is 30.8 Å². The SMILES string of the molecule is Cc1ccccc1C(=O)NCc1ccc(C(=O)N(C)C(C)C)cc1. The van der Waals surface area contributed by atoms with Gasteiger partial charge in [0.25, 0.3) is 11.8 Å². The molecule has 2 amide bonds. The van der Waals surface area contributed by atoms with Crippen molar-refractivity contribution in [2.24, 2.45) is 0 Å². The van der Waals surface area contributed by atoms with Gasteiger partial charge in [0.15, 0.2) is 0 Å². The van der Waals surface area contributed by atoms with Crippen molar-refractivity contribution in [1.29, 1.82) is 0 Å². The molecule has 0 heterocycles. The van der Waals surface area contributed by atoms with Gasteiger partial charge in [-0.05, 0) is 50.1 Å². The topological polar surface area (TPSA) is 49.4 Å². The maximum Gasteiger partial charge on any atom is 0.253 e. The molecule has 126 valence electrons. The van der Waals surface area contributed by atoms with Crippen LogP contribution in [0.25, 0.3) is 0 Å². The Kier molecular flexibility index (Phi) is 5.74. The lowest BCUT2D eigenvalue weighted by molar-refractivity contribution is 0.0754. The Balaban J connectivity index is 1.98. The molecule has 0 saturated carbocycles. The van der Waals surface area contributed by atoms with E-state index in [1.807, 2.05) is 57.2 Å². The zero-order valence-corrected chi connectivity index (χ0v) is 14.7. The van der Waals surface area contributed by atoms with E-state index < -0.39 is 0 Å². The Morgan fingerprint density at radius 2 is 1.67 bits per heavy atom. The third-order valence-electron chi connectivity index (χ3n) is 4.14. The summed E-state index contributed by atoms with van der Waals surface area (Å²) in [6.07, 6.45) is 0. The summed E-state index contributed by atoms with van der Waals surface area (Å²) in [5, 5.41) is 2.91. The van der Waals surface area contributed by atoms with Crippen molar-refractivity contribution in [3.8, 4) is 0 Å². The van der Waals surface area contributed by atoms with Gasteiger partial charge in [-0.15, -0.1) is 0 Å². The quantitative estimate of drug-likeness (QED) is 0.916.